The topological polar surface area (TPSA) is 69.6 Å². The number of carboxylic acids is 1. The summed E-state index contributed by atoms with van der Waals surface area (Å²) in [6, 6.07) is -0.579. The van der Waals surface area contributed by atoms with Crippen LogP contribution in [-0.2, 0) is 9.59 Å². The number of carbonyl (C=O) groups is 2. The van der Waals surface area contributed by atoms with E-state index >= 15 is 0 Å². The predicted octanol–water partition coefficient (Wildman–Crippen LogP) is 0.452. The molecular weight excluding hydrogens is 220 g/mol. The zero-order valence-corrected chi connectivity index (χ0v) is 10.0. The molecule has 2 aliphatic heterocycles. The maximum Gasteiger partial charge on any atom is 0.326 e. The fourth-order valence-corrected chi connectivity index (χ4v) is 2.77. The largest absolute Gasteiger partial charge is 0.480 e. The van der Waals surface area contributed by atoms with Gasteiger partial charge < -0.3 is 15.3 Å². The molecule has 2 saturated heterocycles. The second-order valence-corrected chi connectivity index (χ2v) is 4.98. The maximum atomic E-state index is 12.1. The Hall–Kier alpha value is -1.10. The Morgan fingerprint density at radius 2 is 1.94 bits per heavy atom. The number of piperidine rings is 1. The summed E-state index contributed by atoms with van der Waals surface area (Å²) in [5.41, 5.74) is 0. The van der Waals surface area contributed by atoms with Crippen LogP contribution in [0.2, 0.25) is 0 Å². The van der Waals surface area contributed by atoms with Gasteiger partial charge >= 0.3 is 5.97 Å². The minimum absolute atomic E-state index is 0.0294. The summed E-state index contributed by atoms with van der Waals surface area (Å²) in [5.74, 6) is -0.401. The molecule has 0 aromatic carbocycles. The van der Waals surface area contributed by atoms with Crippen molar-refractivity contribution in [2.75, 3.05) is 19.6 Å². The van der Waals surface area contributed by atoms with Crippen LogP contribution in [0.5, 0.6) is 0 Å². The molecule has 0 bridgehead atoms. The van der Waals surface area contributed by atoms with Gasteiger partial charge in [0, 0.05) is 13.0 Å². The van der Waals surface area contributed by atoms with Crippen molar-refractivity contribution in [3.63, 3.8) is 0 Å². The first kappa shape index (κ1) is 12.4. The van der Waals surface area contributed by atoms with Crippen molar-refractivity contribution in [3.8, 4) is 0 Å². The zero-order valence-electron chi connectivity index (χ0n) is 10.0. The third kappa shape index (κ3) is 2.97. The molecule has 2 fully saturated rings. The van der Waals surface area contributed by atoms with Gasteiger partial charge in [-0.2, -0.15) is 0 Å². The molecule has 0 spiro atoms. The lowest BCUT2D eigenvalue weighted by Gasteiger charge is -2.26. The van der Waals surface area contributed by atoms with Crippen LogP contribution in [0.1, 0.15) is 32.1 Å². The summed E-state index contributed by atoms with van der Waals surface area (Å²) < 4.78 is 0. The van der Waals surface area contributed by atoms with E-state index in [-0.39, 0.29) is 5.91 Å². The summed E-state index contributed by atoms with van der Waals surface area (Å²) in [7, 11) is 0. The Bertz CT molecular complexity index is 300. The number of hydrogen-bond donors (Lipinski definition) is 2. The number of aliphatic carboxylic acids is 1. The molecule has 2 heterocycles. The fraction of sp³-hybridized carbons (Fsp3) is 0.833. The Morgan fingerprint density at radius 1 is 1.24 bits per heavy atom. The van der Waals surface area contributed by atoms with Crippen molar-refractivity contribution >= 4 is 11.9 Å². The van der Waals surface area contributed by atoms with Gasteiger partial charge in [0.05, 0.1) is 0 Å². The summed E-state index contributed by atoms with van der Waals surface area (Å²) >= 11 is 0. The number of likely N-dealkylation sites (tertiary alicyclic amines) is 1. The average molecular weight is 240 g/mol. The number of carboxylic acid groups (broad SMARTS) is 1. The lowest BCUT2D eigenvalue weighted by molar-refractivity contribution is -0.148. The van der Waals surface area contributed by atoms with Gasteiger partial charge in [-0.15, -0.1) is 0 Å². The maximum absolute atomic E-state index is 12.1. The standard InChI is InChI=1S/C12H20N2O3/c15-11(8-9-3-5-13-6-4-9)14-7-1-2-10(14)12(16)17/h9-10,13H,1-8H2,(H,16,17)/t10-/m0/s1. The normalized spacial score (nSPS) is 26.1. The van der Waals surface area contributed by atoms with E-state index < -0.39 is 12.0 Å². The molecule has 2 aliphatic rings. The number of hydrogen-bond acceptors (Lipinski definition) is 3. The van der Waals surface area contributed by atoms with Gasteiger partial charge in [0.1, 0.15) is 6.04 Å². The highest BCUT2D eigenvalue weighted by atomic mass is 16.4. The Labute approximate surface area is 101 Å². The van der Waals surface area contributed by atoms with Crippen molar-refractivity contribution in [1.82, 2.24) is 10.2 Å². The first-order chi connectivity index (χ1) is 8.18. The van der Waals surface area contributed by atoms with Crippen LogP contribution in [0, 0.1) is 5.92 Å². The van der Waals surface area contributed by atoms with Gasteiger partial charge in [0.2, 0.25) is 5.91 Å². The van der Waals surface area contributed by atoms with Crippen LogP contribution in [0.15, 0.2) is 0 Å². The van der Waals surface area contributed by atoms with E-state index in [0.29, 0.717) is 25.3 Å². The van der Waals surface area contributed by atoms with Crippen molar-refractivity contribution in [3.05, 3.63) is 0 Å². The van der Waals surface area contributed by atoms with E-state index in [1.54, 1.807) is 4.90 Å². The van der Waals surface area contributed by atoms with Crippen LogP contribution < -0.4 is 5.32 Å². The Morgan fingerprint density at radius 3 is 2.59 bits per heavy atom. The lowest BCUT2D eigenvalue weighted by Crippen LogP contribution is -2.41. The molecule has 0 radical (unpaired) electrons. The van der Waals surface area contributed by atoms with E-state index in [2.05, 4.69) is 5.32 Å². The number of nitrogens with zero attached hydrogens (tertiary/aromatic N) is 1. The van der Waals surface area contributed by atoms with Crippen LogP contribution in [0.25, 0.3) is 0 Å². The van der Waals surface area contributed by atoms with E-state index in [4.69, 9.17) is 5.11 Å². The Kier molecular flexibility index (Phi) is 3.99. The van der Waals surface area contributed by atoms with Crippen molar-refractivity contribution < 1.29 is 14.7 Å². The van der Waals surface area contributed by atoms with Gasteiger partial charge in [-0.05, 0) is 44.7 Å². The molecule has 5 heteroatoms. The highest BCUT2D eigenvalue weighted by Crippen LogP contribution is 2.22. The van der Waals surface area contributed by atoms with Gasteiger partial charge in [-0.25, -0.2) is 4.79 Å². The third-order valence-corrected chi connectivity index (χ3v) is 3.78. The summed E-state index contributed by atoms with van der Waals surface area (Å²) in [6.07, 6.45) is 3.99. The van der Waals surface area contributed by atoms with Crippen molar-refractivity contribution in [1.29, 1.82) is 0 Å². The highest BCUT2D eigenvalue weighted by molar-refractivity contribution is 5.84. The second kappa shape index (κ2) is 5.49. The van der Waals surface area contributed by atoms with Crippen LogP contribution >= 0.6 is 0 Å². The number of amides is 1. The summed E-state index contributed by atoms with van der Waals surface area (Å²) in [5, 5.41) is 12.3. The van der Waals surface area contributed by atoms with Crippen LogP contribution in [-0.4, -0.2) is 47.6 Å². The Balaban J connectivity index is 1.88. The van der Waals surface area contributed by atoms with Gasteiger partial charge in [0.25, 0.3) is 0 Å². The second-order valence-electron chi connectivity index (χ2n) is 4.98. The first-order valence-corrected chi connectivity index (χ1v) is 6.41. The predicted molar refractivity (Wildman–Crippen MR) is 62.6 cm³/mol. The molecular formula is C12H20N2O3. The average Bonchev–Trinajstić information content (AvgIpc) is 2.79. The minimum Gasteiger partial charge on any atom is -0.480 e. The zero-order chi connectivity index (χ0) is 12.3. The molecule has 0 unspecified atom stereocenters. The summed E-state index contributed by atoms with van der Waals surface area (Å²) in [6.45, 7) is 2.56. The molecule has 2 rings (SSSR count). The van der Waals surface area contributed by atoms with E-state index in [1.165, 1.54) is 0 Å². The van der Waals surface area contributed by atoms with Crippen molar-refractivity contribution in [2.24, 2.45) is 5.92 Å². The molecule has 0 aromatic rings. The lowest BCUT2D eigenvalue weighted by atomic mass is 9.94. The molecule has 96 valence electrons. The number of carbonyl (C=O) groups excluding carboxylic acids is 1. The van der Waals surface area contributed by atoms with Gasteiger partial charge in [-0.3, -0.25) is 4.79 Å². The third-order valence-electron chi connectivity index (χ3n) is 3.78. The van der Waals surface area contributed by atoms with E-state index in [0.717, 1.165) is 32.4 Å². The van der Waals surface area contributed by atoms with E-state index in [1.807, 2.05) is 0 Å². The monoisotopic (exact) mass is 240 g/mol. The quantitative estimate of drug-likeness (QED) is 0.751. The van der Waals surface area contributed by atoms with Gasteiger partial charge in [0.15, 0.2) is 0 Å². The molecule has 0 saturated carbocycles. The molecule has 17 heavy (non-hydrogen) atoms. The smallest absolute Gasteiger partial charge is 0.326 e. The first-order valence-electron chi connectivity index (χ1n) is 6.41. The molecule has 1 amide bonds. The van der Waals surface area contributed by atoms with Gasteiger partial charge in [-0.1, -0.05) is 0 Å². The van der Waals surface area contributed by atoms with Crippen LogP contribution in [0.4, 0.5) is 0 Å². The molecule has 5 nitrogen and oxygen atoms in total. The molecule has 1 atom stereocenters. The minimum atomic E-state index is -0.860. The van der Waals surface area contributed by atoms with Crippen LogP contribution in [0.3, 0.4) is 0 Å². The molecule has 2 N–H and O–H groups in total. The number of nitrogens with one attached hydrogen (secondary N) is 1. The van der Waals surface area contributed by atoms with E-state index in [9.17, 15) is 9.59 Å². The molecule has 0 aromatic heterocycles. The number of rotatable bonds is 3. The van der Waals surface area contributed by atoms with Crippen molar-refractivity contribution in [2.45, 2.75) is 38.1 Å². The fourth-order valence-electron chi connectivity index (χ4n) is 2.77. The summed E-state index contributed by atoms with van der Waals surface area (Å²) in [4.78, 5) is 24.6. The highest BCUT2D eigenvalue weighted by Gasteiger charge is 2.34. The molecule has 0 aliphatic carbocycles. The SMILES string of the molecule is O=C(O)[C@@H]1CCCN1C(=O)CC1CCNCC1.